The van der Waals surface area contributed by atoms with Gasteiger partial charge in [-0.2, -0.15) is 0 Å². The zero-order valence-corrected chi connectivity index (χ0v) is 13.0. The highest BCUT2D eigenvalue weighted by atomic mass is 19.2. The number of aryl methyl sites for hydroxylation is 2. The summed E-state index contributed by atoms with van der Waals surface area (Å²) < 4.78 is 25.9. The van der Waals surface area contributed by atoms with Crippen LogP contribution in [0.3, 0.4) is 0 Å². The number of carbonyl (C=O) groups is 2. The van der Waals surface area contributed by atoms with E-state index in [0.717, 1.165) is 23.3 Å². The molecule has 5 heteroatoms. The van der Waals surface area contributed by atoms with Crippen molar-refractivity contribution in [1.29, 1.82) is 0 Å². The lowest BCUT2D eigenvalue weighted by Gasteiger charge is -2.07. The van der Waals surface area contributed by atoms with Crippen molar-refractivity contribution >= 4 is 17.4 Å². The van der Waals surface area contributed by atoms with Crippen molar-refractivity contribution in [3.05, 3.63) is 64.7 Å². The fourth-order valence-electron chi connectivity index (χ4n) is 2.20. The smallest absolute Gasteiger partial charge is 0.224 e. The quantitative estimate of drug-likeness (QED) is 0.841. The lowest BCUT2D eigenvalue weighted by atomic mass is 9.99. The van der Waals surface area contributed by atoms with Crippen LogP contribution in [0.5, 0.6) is 0 Å². The van der Waals surface area contributed by atoms with Crippen LogP contribution < -0.4 is 5.32 Å². The average molecular weight is 317 g/mol. The molecule has 0 spiro atoms. The van der Waals surface area contributed by atoms with Crippen molar-refractivity contribution in [2.75, 3.05) is 5.32 Å². The minimum atomic E-state index is -1.03. The zero-order valence-electron chi connectivity index (χ0n) is 13.0. The second-order valence-electron chi connectivity index (χ2n) is 5.42. The van der Waals surface area contributed by atoms with E-state index in [0.29, 0.717) is 5.56 Å². The molecule has 0 atom stereocenters. The third-order valence-corrected chi connectivity index (χ3v) is 3.48. The van der Waals surface area contributed by atoms with E-state index in [4.69, 9.17) is 0 Å². The predicted octanol–water partition coefficient (Wildman–Crippen LogP) is 4.18. The van der Waals surface area contributed by atoms with Crippen molar-refractivity contribution in [1.82, 2.24) is 0 Å². The summed E-state index contributed by atoms with van der Waals surface area (Å²) in [5, 5.41) is 2.44. The van der Waals surface area contributed by atoms with Gasteiger partial charge in [-0.25, -0.2) is 8.78 Å². The van der Waals surface area contributed by atoms with Gasteiger partial charge in [-0.1, -0.05) is 17.7 Å². The fraction of sp³-hybridized carbons (Fsp3) is 0.222. The van der Waals surface area contributed by atoms with Crippen molar-refractivity contribution in [3.8, 4) is 0 Å². The molecule has 0 aromatic heterocycles. The van der Waals surface area contributed by atoms with Gasteiger partial charge in [-0.15, -0.1) is 0 Å². The maximum Gasteiger partial charge on any atom is 0.224 e. The van der Waals surface area contributed by atoms with E-state index in [9.17, 15) is 18.4 Å². The van der Waals surface area contributed by atoms with Crippen molar-refractivity contribution in [3.63, 3.8) is 0 Å². The second kappa shape index (κ2) is 7.13. The standard InChI is InChI=1S/C18H17F2NO2/c1-11-3-4-12(2)14(9-11)17(22)7-8-18(23)21-13-5-6-15(19)16(20)10-13/h3-6,9-10H,7-8H2,1-2H3,(H,21,23). The average Bonchev–Trinajstić information content (AvgIpc) is 2.51. The van der Waals surface area contributed by atoms with Gasteiger partial charge in [-0.05, 0) is 37.6 Å². The van der Waals surface area contributed by atoms with Crippen LogP contribution in [0, 0.1) is 25.5 Å². The first-order chi connectivity index (χ1) is 10.9. The second-order valence-corrected chi connectivity index (χ2v) is 5.42. The SMILES string of the molecule is Cc1ccc(C)c(C(=O)CCC(=O)Nc2ccc(F)c(F)c2)c1. The minimum Gasteiger partial charge on any atom is -0.326 e. The molecular weight excluding hydrogens is 300 g/mol. The summed E-state index contributed by atoms with van der Waals surface area (Å²) in [6.45, 7) is 3.74. The number of ketones is 1. The summed E-state index contributed by atoms with van der Waals surface area (Å²) >= 11 is 0. The Bertz CT molecular complexity index is 757. The Morgan fingerprint density at radius 1 is 0.957 bits per heavy atom. The van der Waals surface area contributed by atoms with Crippen molar-refractivity contribution in [2.45, 2.75) is 26.7 Å². The molecule has 0 saturated heterocycles. The van der Waals surface area contributed by atoms with E-state index in [-0.39, 0.29) is 24.3 Å². The molecule has 1 amide bonds. The van der Waals surface area contributed by atoms with Crippen molar-refractivity contribution < 1.29 is 18.4 Å². The molecule has 0 aliphatic rings. The van der Waals surface area contributed by atoms with Crippen LogP contribution in [0.1, 0.15) is 34.3 Å². The molecule has 0 saturated carbocycles. The largest absolute Gasteiger partial charge is 0.326 e. The summed E-state index contributed by atoms with van der Waals surface area (Å²) in [7, 11) is 0. The first-order valence-corrected chi connectivity index (χ1v) is 7.22. The number of hydrogen-bond acceptors (Lipinski definition) is 2. The van der Waals surface area contributed by atoms with Gasteiger partial charge in [0.1, 0.15) is 0 Å². The van der Waals surface area contributed by atoms with Gasteiger partial charge < -0.3 is 5.32 Å². The molecule has 0 bridgehead atoms. The van der Waals surface area contributed by atoms with Crippen LogP contribution in [0.15, 0.2) is 36.4 Å². The molecule has 1 N–H and O–H groups in total. The summed E-state index contributed by atoms with van der Waals surface area (Å²) in [6, 6.07) is 8.69. The summed E-state index contributed by atoms with van der Waals surface area (Å²) in [5.41, 5.74) is 2.60. The van der Waals surface area contributed by atoms with Gasteiger partial charge in [0, 0.05) is 30.2 Å². The molecule has 0 radical (unpaired) electrons. The van der Waals surface area contributed by atoms with Gasteiger partial charge in [0.15, 0.2) is 17.4 Å². The molecule has 0 unspecified atom stereocenters. The first kappa shape index (κ1) is 16.8. The highest BCUT2D eigenvalue weighted by Gasteiger charge is 2.12. The van der Waals surface area contributed by atoms with Crippen LogP contribution >= 0.6 is 0 Å². The third-order valence-electron chi connectivity index (χ3n) is 3.48. The Labute approximate surface area is 133 Å². The first-order valence-electron chi connectivity index (χ1n) is 7.22. The number of amides is 1. The highest BCUT2D eigenvalue weighted by Crippen LogP contribution is 2.16. The van der Waals surface area contributed by atoms with Gasteiger partial charge >= 0.3 is 0 Å². The van der Waals surface area contributed by atoms with E-state index >= 15 is 0 Å². The van der Waals surface area contributed by atoms with Gasteiger partial charge in [-0.3, -0.25) is 9.59 Å². The molecule has 0 aliphatic carbocycles. The number of nitrogens with one attached hydrogen (secondary N) is 1. The van der Waals surface area contributed by atoms with Crippen LogP contribution in [-0.4, -0.2) is 11.7 Å². The normalized spacial score (nSPS) is 10.4. The van der Waals surface area contributed by atoms with Crippen LogP contribution in [0.25, 0.3) is 0 Å². The number of benzene rings is 2. The lowest BCUT2D eigenvalue weighted by molar-refractivity contribution is -0.116. The van der Waals surface area contributed by atoms with Crippen molar-refractivity contribution in [2.24, 2.45) is 0 Å². The van der Waals surface area contributed by atoms with E-state index in [1.165, 1.54) is 6.07 Å². The Morgan fingerprint density at radius 3 is 2.39 bits per heavy atom. The van der Waals surface area contributed by atoms with Gasteiger partial charge in [0.05, 0.1) is 0 Å². The third kappa shape index (κ3) is 4.45. The topological polar surface area (TPSA) is 46.2 Å². The minimum absolute atomic E-state index is 0.0226. The summed E-state index contributed by atoms with van der Waals surface area (Å²) in [5.74, 6) is -2.55. The zero-order chi connectivity index (χ0) is 17.0. The predicted molar refractivity (Wildman–Crippen MR) is 84.5 cm³/mol. The summed E-state index contributed by atoms with van der Waals surface area (Å²) in [4.78, 5) is 24.0. The fourth-order valence-corrected chi connectivity index (χ4v) is 2.20. The van der Waals surface area contributed by atoms with Gasteiger partial charge in [0.25, 0.3) is 0 Å². The molecule has 0 aliphatic heterocycles. The van der Waals surface area contributed by atoms with E-state index in [1.807, 2.05) is 26.0 Å². The number of Topliss-reactive ketones (excluding diaryl/α,β-unsaturated/α-hetero) is 1. The number of hydrogen-bond donors (Lipinski definition) is 1. The molecular formula is C18H17F2NO2. The highest BCUT2D eigenvalue weighted by molar-refractivity contribution is 6.01. The summed E-state index contributed by atoms with van der Waals surface area (Å²) in [6.07, 6.45) is 0.0328. The Kier molecular flexibility index (Phi) is 5.21. The molecule has 0 fully saturated rings. The van der Waals surface area contributed by atoms with Crippen LogP contribution in [-0.2, 0) is 4.79 Å². The lowest BCUT2D eigenvalue weighted by Crippen LogP contribution is -2.14. The monoisotopic (exact) mass is 317 g/mol. The number of rotatable bonds is 5. The number of halogens is 2. The maximum atomic E-state index is 13.1. The molecule has 2 aromatic carbocycles. The molecule has 2 aromatic rings. The van der Waals surface area contributed by atoms with E-state index < -0.39 is 17.5 Å². The van der Waals surface area contributed by atoms with Gasteiger partial charge in [0.2, 0.25) is 5.91 Å². The number of carbonyl (C=O) groups excluding carboxylic acids is 2. The van der Waals surface area contributed by atoms with E-state index in [1.54, 1.807) is 6.07 Å². The number of anilines is 1. The molecule has 23 heavy (non-hydrogen) atoms. The maximum absolute atomic E-state index is 13.1. The Morgan fingerprint density at radius 2 is 1.70 bits per heavy atom. The van der Waals surface area contributed by atoms with Crippen LogP contribution in [0.2, 0.25) is 0 Å². The molecule has 3 nitrogen and oxygen atoms in total. The van der Waals surface area contributed by atoms with Crippen LogP contribution in [0.4, 0.5) is 14.5 Å². The van der Waals surface area contributed by atoms with E-state index in [2.05, 4.69) is 5.32 Å². The molecule has 0 heterocycles. The Balaban J connectivity index is 1.94. The molecule has 2 rings (SSSR count). The Hall–Kier alpha value is -2.56. The molecule has 120 valence electrons.